The number of aromatic amines is 1. The van der Waals surface area contributed by atoms with Gasteiger partial charge in [-0.2, -0.15) is 0 Å². The highest BCUT2D eigenvalue weighted by Crippen LogP contribution is 2.20. The van der Waals surface area contributed by atoms with Crippen molar-refractivity contribution < 1.29 is 13.6 Å². The maximum absolute atomic E-state index is 14.1. The fourth-order valence-electron chi connectivity index (χ4n) is 3.25. The molecule has 1 heterocycles. The molecular weight excluding hydrogens is 362 g/mol. The van der Waals surface area contributed by atoms with Crippen molar-refractivity contribution in [1.29, 1.82) is 0 Å². The van der Waals surface area contributed by atoms with E-state index in [9.17, 15) is 18.4 Å². The highest BCUT2D eigenvalue weighted by Gasteiger charge is 2.16. The Kier molecular flexibility index (Phi) is 4.61. The third-order valence-corrected chi connectivity index (χ3v) is 4.62. The highest BCUT2D eigenvalue weighted by atomic mass is 19.1. The van der Waals surface area contributed by atoms with E-state index >= 15 is 0 Å². The van der Waals surface area contributed by atoms with Crippen LogP contribution in [0.15, 0.2) is 65.5 Å². The summed E-state index contributed by atoms with van der Waals surface area (Å²) in [6.07, 6.45) is 0.624. The molecule has 0 saturated carbocycles. The van der Waals surface area contributed by atoms with Gasteiger partial charge in [-0.1, -0.05) is 30.3 Å². The van der Waals surface area contributed by atoms with Crippen molar-refractivity contribution in [2.45, 2.75) is 6.42 Å². The van der Waals surface area contributed by atoms with Gasteiger partial charge in [0.1, 0.15) is 11.6 Å². The van der Waals surface area contributed by atoms with Crippen molar-refractivity contribution in [2.24, 2.45) is 0 Å². The molecule has 0 fully saturated rings. The van der Waals surface area contributed by atoms with E-state index in [-0.39, 0.29) is 21.9 Å². The molecule has 28 heavy (non-hydrogen) atoms. The Hall–Kier alpha value is -3.54. The topological polar surface area (TPSA) is 62.0 Å². The van der Waals surface area contributed by atoms with Gasteiger partial charge in [0.2, 0.25) is 0 Å². The first kappa shape index (κ1) is 17.9. The van der Waals surface area contributed by atoms with Crippen LogP contribution in [0.5, 0.6) is 0 Å². The Bertz CT molecular complexity index is 1250. The van der Waals surface area contributed by atoms with E-state index in [1.165, 1.54) is 12.1 Å². The molecule has 0 saturated heterocycles. The monoisotopic (exact) mass is 378 g/mol. The highest BCUT2D eigenvalue weighted by molar-refractivity contribution is 6.07. The molecule has 0 atom stereocenters. The maximum Gasteiger partial charge on any atom is 0.253 e. The lowest BCUT2D eigenvalue weighted by molar-refractivity contribution is 0.0955. The first-order chi connectivity index (χ1) is 13.5. The van der Waals surface area contributed by atoms with E-state index in [2.05, 4.69) is 10.3 Å². The van der Waals surface area contributed by atoms with Crippen molar-refractivity contribution in [3.8, 4) is 0 Å². The van der Waals surface area contributed by atoms with Gasteiger partial charge in [0, 0.05) is 22.8 Å². The van der Waals surface area contributed by atoms with Crippen molar-refractivity contribution in [3.05, 3.63) is 93.6 Å². The van der Waals surface area contributed by atoms with Crippen LogP contribution in [0.1, 0.15) is 15.9 Å². The molecule has 1 aromatic heterocycles. The van der Waals surface area contributed by atoms with E-state index in [0.717, 1.165) is 23.8 Å². The summed E-state index contributed by atoms with van der Waals surface area (Å²) in [6, 6.07) is 15.5. The molecule has 0 bridgehead atoms. The standard InChI is InChI=1S/C22H16F2N2O2/c23-14-6-7-19-16(10-14)21(27)17-11-15(24)12-18(20(17)26-19)22(28)25-9-8-13-4-2-1-3-5-13/h1-7,10-12H,8-9H2,(H,25,28)(H,26,27). The van der Waals surface area contributed by atoms with Gasteiger partial charge in [-0.15, -0.1) is 0 Å². The summed E-state index contributed by atoms with van der Waals surface area (Å²) in [4.78, 5) is 28.3. The van der Waals surface area contributed by atoms with Crippen LogP contribution in [0.2, 0.25) is 0 Å². The van der Waals surface area contributed by atoms with Gasteiger partial charge in [-0.3, -0.25) is 9.59 Å². The second kappa shape index (κ2) is 7.23. The summed E-state index contributed by atoms with van der Waals surface area (Å²) < 4.78 is 27.6. The van der Waals surface area contributed by atoms with Gasteiger partial charge in [-0.25, -0.2) is 8.78 Å². The fourth-order valence-corrected chi connectivity index (χ4v) is 3.25. The molecule has 0 aliphatic heterocycles. The molecule has 0 spiro atoms. The SMILES string of the molecule is O=C(NCCc1ccccc1)c1cc(F)cc2c(=O)c3cc(F)ccc3[nH]c12. The van der Waals surface area contributed by atoms with E-state index in [1.54, 1.807) is 0 Å². The number of carbonyl (C=O) groups excluding carboxylic acids is 1. The zero-order valence-corrected chi connectivity index (χ0v) is 14.8. The Balaban J connectivity index is 1.71. The predicted octanol–water partition coefficient (Wildman–Crippen LogP) is 3.93. The Labute approximate surface area is 158 Å². The van der Waals surface area contributed by atoms with Gasteiger partial charge < -0.3 is 10.3 Å². The molecule has 0 aliphatic rings. The minimum Gasteiger partial charge on any atom is -0.354 e. The van der Waals surface area contributed by atoms with E-state index in [4.69, 9.17) is 0 Å². The van der Waals surface area contributed by atoms with Crippen LogP contribution in [0.3, 0.4) is 0 Å². The minimum atomic E-state index is -0.707. The fraction of sp³-hybridized carbons (Fsp3) is 0.0909. The summed E-state index contributed by atoms with van der Waals surface area (Å²) in [5.41, 5.74) is 1.17. The smallest absolute Gasteiger partial charge is 0.253 e. The number of halogens is 2. The van der Waals surface area contributed by atoms with Crippen LogP contribution in [-0.4, -0.2) is 17.4 Å². The molecule has 0 aliphatic carbocycles. The number of hydrogen-bond donors (Lipinski definition) is 2. The van der Waals surface area contributed by atoms with Crippen molar-refractivity contribution in [3.63, 3.8) is 0 Å². The number of H-pyrrole nitrogens is 1. The van der Waals surface area contributed by atoms with Gasteiger partial charge in [0.25, 0.3) is 5.91 Å². The number of pyridine rings is 1. The molecular formula is C22H16F2N2O2. The number of amides is 1. The Morgan fingerprint density at radius 1 is 0.929 bits per heavy atom. The molecule has 2 N–H and O–H groups in total. The van der Waals surface area contributed by atoms with Crippen LogP contribution in [0.4, 0.5) is 8.78 Å². The zero-order valence-electron chi connectivity index (χ0n) is 14.8. The average Bonchev–Trinajstić information content (AvgIpc) is 2.69. The van der Waals surface area contributed by atoms with Gasteiger partial charge in [0.15, 0.2) is 5.43 Å². The molecule has 4 aromatic rings. The minimum absolute atomic E-state index is 0.00584. The number of hydrogen-bond acceptors (Lipinski definition) is 2. The summed E-state index contributed by atoms with van der Waals surface area (Å²) in [5.74, 6) is -1.76. The Morgan fingerprint density at radius 2 is 1.68 bits per heavy atom. The van der Waals surface area contributed by atoms with Crippen LogP contribution < -0.4 is 10.7 Å². The zero-order chi connectivity index (χ0) is 19.7. The van der Waals surface area contributed by atoms with Crippen LogP contribution >= 0.6 is 0 Å². The number of nitrogens with one attached hydrogen (secondary N) is 2. The second-order valence-electron chi connectivity index (χ2n) is 6.51. The van der Waals surface area contributed by atoms with Crippen molar-refractivity contribution in [1.82, 2.24) is 10.3 Å². The molecule has 0 unspecified atom stereocenters. The van der Waals surface area contributed by atoms with Gasteiger partial charge in [0.05, 0.1) is 11.1 Å². The van der Waals surface area contributed by atoms with E-state index in [0.29, 0.717) is 18.5 Å². The van der Waals surface area contributed by atoms with Gasteiger partial charge in [-0.05, 0) is 42.3 Å². The van der Waals surface area contributed by atoms with Crippen LogP contribution in [0.25, 0.3) is 21.8 Å². The molecule has 4 nitrogen and oxygen atoms in total. The number of aromatic nitrogens is 1. The average molecular weight is 378 g/mol. The molecule has 4 rings (SSSR count). The lowest BCUT2D eigenvalue weighted by Gasteiger charge is -2.10. The molecule has 6 heteroatoms. The van der Waals surface area contributed by atoms with E-state index < -0.39 is 23.0 Å². The number of carbonyl (C=O) groups is 1. The number of benzene rings is 3. The lowest BCUT2D eigenvalue weighted by atomic mass is 10.0. The summed E-state index contributed by atoms with van der Waals surface area (Å²) in [7, 11) is 0. The summed E-state index contributed by atoms with van der Waals surface area (Å²) in [6.45, 7) is 0.365. The molecule has 0 radical (unpaired) electrons. The predicted molar refractivity (Wildman–Crippen MR) is 104 cm³/mol. The number of fused-ring (bicyclic) bond motifs is 2. The van der Waals surface area contributed by atoms with E-state index in [1.807, 2.05) is 30.3 Å². The number of rotatable bonds is 4. The largest absolute Gasteiger partial charge is 0.354 e. The van der Waals surface area contributed by atoms with Gasteiger partial charge >= 0.3 is 0 Å². The Morgan fingerprint density at radius 3 is 2.46 bits per heavy atom. The molecule has 1 amide bonds. The van der Waals surface area contributed by atoms with Crippen molar-refractivity contribution in [2.75, 3.05) is 6.54 Å². The normalized spacial score (nSPS) is 11.1. The van der Waals surface area contributed by atoms with Crippen LogP contribution in [-0.2, 0) is 6.42 Å². The quantitative estimate of drug-likeness (QED) is 0.529. The third kappa shape index (κ3) is 3.36. The first-order valence-electron chi connectivity index (χ1n) is 8.80. The summed E-state index contributed by atoms with van der Waals surface area (Å²) >= 11 is 0. The molecule has 140 valence electrons. The molecule has 3 aromatic carbocycles. The van der Waals surface area contributed by atoms with Crippen molar-refractivity contribution >= 4 is 27.7 Å². The first-order valence-corrected chi connectivity index (χ1v) is 8.80. The third-order valence-electron chi connectivity index (χ3n) is 4.62. The lowest BCUT2D eigenvalue weighted by Crippen LogP contribution is -2.26. The second-order valence-corrected chi connectivity index (χ2v) is 6.51. The summed E-state index contributed by atoms with van der Waals surface area (Å²) in [5, 5.41) is 2.87. The maximum atomic E-state index is 14.1. The van der Waals surface area contributed by atoms with Crippen LogP contribution in [0, 0.1) is 11.6 Å².